The summed E-state index contributed by atoms with van der Waals surface area (Å²) in [5.41, 5.74) is 1.50. The molecule has 1 aliphatic heterocycles. The maximum Gasteiger partial charge on any atom is 0.254 e. The first kappa shape index (κ1) is 20.8. The van der Waals surface area contributed by atoms with Crippen molar-refractivity contribution < 1.29 is 14.3 Å². The highest BCUT2D eigenvalue weighted by atomic mass is 16.5. The molecule has 2 amide bonds. The molecule has 1 unspecified atom stereocenters. The number of hydrogen-bond donors (Lipinski definition) is 1. The topological polar surface area (TPSA) is 91.4 Å². The average molecular weight is 399 g/mol. The fraction of sp³-hybridized carbons (Fsp3) is 0.524. The van der Waals surface area contributed by atoms with Crippen LogP contribution in [0.15, 0.2) is 18.2 Å². The zero-order valence-electron chi connectivity index (χ0n) is 17.7. The van der Waals surface area contributed by atoms with Crippen LogP contribution in [0.3, 0.4) is 0 Å². The molecule has 8 heteroatoms. The summed E-state index contributed by atoms with van der Waals surface area (Å²) in [6, 6.07) is 5.07. The molecule has 1 fully saturated rings. The van der Waals surface area contributed by atoms with Gasteiger partial charge in [0.2, 0.25) is 5.91 Å². The Bertz CT molecular complexity index is 892. The van der Waals surface area contributed by atoms with Gasteiger partial charge in [0.05, 0.1) is 7.11 Å². The minimum Gasteiger partial charge on any atom is -0.497 e. The third kappa shape index (κ3) is 4.41. The minimum absolute atomic E-state index is 0.0485. The molecule has 1 aromatic heterocycles. The summed E-state index contributed by atoms with van der Waals surface area (Å²) in [6.07, 6.45) is 0.708. The van der Waals surface area contributed by atoms with E-state index in [-0.39, 0.29) is 23.8 Å². The van der Waals surface area contributed by atoms with E-state index in [2.05, 4.69) is 15.2 Å². The Morgan fingerprint density at radius 3 is 2.59 bits per heavy atom. The van der Waals surface area contributed by atoms with Crippen LogP contribution in [0.25, 0.3) is 0 Å². The summed E-state index contributed by atoms with van der Waals surface area (Å²) >= 11 is 0. The largest absolute Gasteiger partial charge is 0.497 e. The monoisotopic (exact) mass is 399 g/mol. The number of nitrogens with one attached hydrogen (secondary N) is 1. The Balaban J connectivity index is 1.91. The van der Waals surface area contributed by atoms with Gasteiger partial charge in [0.25, 0.3) is 5.91 Å². The van der Waals surface area contributed by atoms with Crippen LogP contribution in [-0.4, -0.2) is 63.5 Å². The number of amides is 2. The number of ether oxygens (including phenoxy) is 1. The van der Waals surface area contributed by atoms with Crippen molar-refractivity contribution in [3.63, 3.8) is 0 Å². The Hall–Kier alpha value is -2.90. The second kappa shape index (κ2) is 8.63. The second-order valence-corrected chi connectivity index (χ2v) is 7.77. The number of aromatic amines is 1. The number of carbonyl (C=O) groups is 2. The van der Waals surface area contributed by atoms with Crippen molar-refractivity contribution in [3.05, 3.63) is 41.0 Å². The van der Waals surface area contributed by atoms with Crippen molar-refractivity contribution in [3.8, 4) is 5.75 Å². The van der Waals surface area contributed by atoms with Gasteiger partial charge in [-0.1, -0.05) is 13.8 Å². The molecule has 3 rings (SSSR count). The van der Waals surface area contributed by atoms with Crippen molar-refractivity contribution in [2.24, 2.45) is 5.92 Å². The smallest absolute Gasteiger partial charge is 0.254 e. The first-order valence-corrected chi connectivity index (χ1v) is 9.95. The van der Waals surface area contributed by atoms with Crippen molar-refractivity contribution in [2.75, 3.05) is 26.7 Å². The lowest BCUT2D eigenvalue weighted by Crippen LogP contribution is -2.42. The van der Waals surface area contributed by atoms with E-state index < -0.39 is 0 Å². The number of aromatic nitrogens is 3. The van der Waals surface area contributed by atoms with Crippen LogP contribution in [0.2, 0.25) is 0 Å². The molecule has 29 heavy (non-hydrogen) atoms. The van der Waals surface area contributed by atoms with Gasteiger partial charge in [0, 0.05) is 31.1 Å². The molecule has 1 saturated heterocycles. The number of nitrogens with zero attached hydrogens (tertiary/aromatic N) is 4. The lowest BCUT2D eigenvalue weighted by Gasteiger charge is -2.31. The maximum absolute atomic E-state index is 13.3. The predicted octanol–water partition coefficient (Wildman–Crippen LogP) is 2.50. The second-order valence-electron chi connectivity index (χ2n) is 7.77. The third-order valence-corrected chi connectivity index (χ3v) is 5.24. The van der Waals surface area contributed by atoms with E-state index in [4.69, 9.17) is 4.74 Å². The molecule has 0 bridgehead atoms. The van der Waals surface area contributed by atoms with Crippen molar-refractivity contribution in [1.82, 2.24) is 25.0 Å². The van der Waals surface area contributed by atoms with Gasteiger partial charge in [0.15, 0.2) is 5.82 Å². The first-order chi connectivity index (χ1) is 13.8. The number of aryl methyl sites for hydroxylation is 2. The third-order valence-electron chi connectivity index (χ3n) is 5.24. The van der Waals surface area contributed by atoms with Crippen LogP contribution in [0.1, 0.15) is 53.9 Å². The summed E-state index contributed by atoms with van der Waals surface area (Å²) in [6.45, 7) is 9.00. The number of hydrogen-bond acceptors (Lipinski definition) is 5. The van der Waals surface area contributed by atoms with Gasteiger partial charge in [-0.25, -0.2) is 4.98 Å². The zero-order chi connectivity index (χ0) is 21.1. The standard InChI is InChI=1S/C21H29N5O3/c1-13(2)20(27)26-10-6-9-25(12-18(26)19-22-15(4)23-24-19)21(28)17-8-7-16(29-5)11-14(17)3/h7-8,11,13,18H,6,9-10,12H2,1-5H3,(H,22,23,24). The van der Waals surface area contributed by atoms with Crippen LogP contribution in [0, 0.1) is 19.8 Å². The SMILES string of the molecule is COc1ccc(C(=O)N2CCCN(C(=O)C(C)C)C(c3n[nH]c(C)n3)C2)c(C)c1. The quantitative estimate of drug-likeness (QED) is 0.853. The number of carbonyl (C=O) groups excluding carboxylic acids is 2. The Morgan fingerprint density at radius 2 is 2.00 bits per heavy atom. The Kier molecular flexibility index (Phi) is 6.20. The molecule has 0 radical (unpaired) electrons. The van der Waals surface area contributed by atoms with Crippen molar-refractivity contribution >= 4 is 11.8 Å². The number of rotatable bonds is 4. The molecule has 0 spiro atoms. The summed E-state index contributed by atoms with van der Waals surface area (Å²) < 4.78 is 5.25. The molecule has 8 nitrogen and oxygen atoms in total. The molecule has 0 saturated carbocycles. The van der Waals surface area contributed by atoms with Crippen molar-refractivity contribution in [1.29, 1.82) is 0 Å². The van der Waals surface area contributed by atoms with Gasteiger partial charge < -0.3 is 14.5 Å². The summed E-state index contributed by atoms with van der Waals surface area (Å²) in [5, 5.41) is 7.15. The van der Waals surface area contributed by atoms with E-state index in [9.17, 15) is 9.59 Å². The normalized spacial score (nSPS) is 17.4. The van der Waals surface area contributed by atoms with E-state index in [0.717, 1.165) is 11.3 Å². The highest BCUT2D eigenvalue weighted by molar-refractivity contribution is 5.96. The van der Waals surface area contributed by atoms with Crippen LogP contribution < -0.4 is 4.74 Å². The Labute approximate surface area is 171 Å². The van der Waals surface area contributed by atoms with Crippen molar-refractivity contribution in [2.45, 2.75) is 40.2 Å². The van der Waals surface area contributed by atoms with E-state index in [1.165, 1.54) is 0 Å². The Morgan fingerprint density at radius 1 is 1.24 bits per heavy atom. The molecular formula is C21H29N5O3. The lowest BCUT2D eigenvalue weighted by atomic mass is 10.1. The van der Waals surface area contributed by atoms with Gasteiger partial charge in [-0.15, -0.1) is 0 Å². The molecule has 1 aromatic carbocycles. The molecule has 1 aliphatic rings. The van der Waals surface area contributed by atoms with Crippen LogP contribution in [0.5, 0.6) is 5.75 Å². The first-order valence-electron chi connectivity index (χ1n) is 9.95. The maximum atomic E-state index is 13.3. The minimum atomic E-state index is -0.375. The zero-order valence-corrected chi connectivity index (χ0v) is 17.7. The molecular weight excluding hydrogens is 370 g/mol. The van der Waals surface area contributed by atoms with Crippen LogP contribution in [-0.2, 0) is 4.79 Å². The molecule has 0 aliphatic carbocycles. The summed E-state index contributed by atoms with van der Waals surface area (Å²) in [7, 11) is 1.61. The molecule has 1 atom stereocenters. The van der Waals surface area contributed by atoms with E-state index in [0.29, 0.717) is 43.3 Å². The fourth-order valence-corrected chi connectivity index (χ4v) is 3.67. The number of methoxy groups -OCH3 is 1. The van der Waals surface area contributed by atoms with Gasteiger partial charge >= 0.3 is 0 Å². The summed E-state index contributed by atoms with van der Waals surface area (Å²) in [4.78, 5) is 34.2. The van der Waals surface area contributed by atoms with Gasteiger partial charge in [-0.05, 0) is 44.0 Å². The predicted molar refractivity (Wildman–Crippen MR) is 109 cm³/mol. The van der Waals surface area contributed by atoms with Crippen LogP contribution >= 0.6 is 0 Å². The van der Waals surface area contributed by atoms with Crippen LogP contribution in [0.4, 0.5) is 0 Å². The van der Waals surface area contributed by atoms with E-state index in [1.807, 2.05) is 38.7 Å². The highest BCUT2D eigenvalue weighted by Crippen LogP contribution is 2.26. The van der Waals surface area contributed by atoms with Gasteiger partial charge in [0.1, 0.15) is 17.6 Å². The van der Waals surface area contributed by atoms with Gasteiger partial charge in [-0.3, -0.25) is 14.7 Å². The lowest BCUT2D eigenvalue weighted by molar-refractivity contribution is -0.137. The summed E-state index contributed by atoms with van der Waals surface area (Å²) in [5.74, 6) is 1.81. The molecule has 156 valence electrons. The van der Waals surface area contributed by atoms with E-state index in [1.54, 1.807) is 24.1 Å². The fourth-order valence-electron chi connectivity index (χ4n) is 3.67. The number of H-pyrrole nitrogens is 1. The highest BCUT2D eigenvalue weighted by Gasteiger charge is 2.35. The average Bonchev–Trinajstić information content (AvgIpc) is 3.00. The molecule has 2 heterocycles. The molecule has 2 aromatic rings. The van der Waals surface area contributed by atoms with E-state index >= 15 is 0 Å². The van der Waals surface area contributed by atoms with Gasteiger partial charge in [-0.2, -0.15) is 5.10 Å². The number of benzene rings is 1. The molecule has 1 N–H and O–H groups in total.